The van der Waals surface area contributed by atoms with Crippen LogP contribution in [0.4, 0.5) is 0 Å². The van der Waals surface area contributed by atoms with Crippen molar-refractivity contribution in [2.75, 3.05) is 20.2 Å². The highest BCUT2D eigenvalue weighted by Crippen LogP contribution is 2.48. The van der Waals surface area contributed by atoms with Gasteiger partial charge in [0.1, 0.15) is 0 Å². The molecular formula is C30H33N3O3. The normalized spacial score (nSPS) is 27.7. The minimum atomic E-state index is -0.191. The van der Waals surface area contributed by atoms with E-state index < -0.39 is 0 Å². The number of ether oxygens (including phenoxy) is 2. The largest absolute Gasteiger partial charge is 0.469 e. The Morgan fingerprint density at radius 1 is 1.14 bits per heavy atom. The highest BCUT2D eigenvalue weighted by Gasteiger charge is 2.45. The molecule has 0 spiro atoms. The summed E-state index contributed by atoms with van der Waals surface area (Å²) in [5.41, 5.74) is 5.93. The molecule has 0 bridgehead atoms. The Morgan fingerprint density at radius 2 is 1.94 bits per heavy atom. The Bertz CT molecular complexity index is 1340. The molecule has 36 heavy (non-hydrogen) atoms. The highest BCUT2D eigenvalue weighted by atomic mass is 16.5. The number of esters is 1. The van der Waals surface area contributed by atoms with Gasteiger partial charge in [-0.1, -0.05) is 43.3 Å². The van der Waals surface area contributed by atoms with Crippen LogP contribution in [0.25, 0.3) is 16.6 Å². The summed E-state index contributed by atoms with van der Waals surface area (Å²) >= 11 is 0. The molecule has 0 saturated heterocycles. The lowest BCUT2D eigenvalue weighted by Gasteiger charge is -2.43. The minimum Gasteiger partial charge on any atom is -0.469 e. The summed E-state index contributed by atoms with van der Waals surface area (Å²) in [6.45, 7) is 4.05. The zero-order valence-electron chi connectivity index (χ0n) is 21.0. The molecule has 5 atom stereocenters. The third-order valence-corrected chi connectivity index (χ3v) is 8.86. The number of hydrogen-bond donors (Lipinski definition) is 0. The quantitative estimate of drug-likeness (QED) is 0.343. The summed E-state index contributed by atoms with van der Waals surface area (Å²) in [7, 11) is 1.50. The number of nitriles is 1. The number of rotatable bonds is 1. The van der Waals surface area contributed by atoms with E-state index in [0.29, 0.717) is 19.7 Å². The van der Waals surface area contributed by atoms with Crippen LogP contribution < -0.4 is 0 Å². The molecule has 0 unspecified atom stereocenters. The van der Waals surface area contributed by atoms with Crippen LogP contribution in [0.3, 0.4) is 0 Å². The Balaban J connectivity index is 1.57. The maximum absolute atomic E-state index is 13.1. The van der Waals surface area contributed by atoms with Crippen LogP contribution in [-0.2, 0) is 27.3 Å². The van der Waals surface area contributed by atoms with E-state index in [1.807, 2.05) is 4.90 Å². The van der Waals surface area contributed by atoms with E-state index in [-0.39, 0.29) is 35.7 Å². The van der Waals surface area contributed by atoms with E-state index in [9.17, 15) is 10.1 Å². The number of methoxy groups -OCH3 is 1. The lowest BCUT2D eigenvalue weighted by molar-refractivity contribution is -0.154. The minimum absolute atomic E-state index is 0.0840. The van der Waals surface area contributed by atoms with Gasteiger partial charge in [0.15, 0.2) is 6.19 Å². The van der Waals surface area contributed by atoms with Crippen molar-refractivity contribution in [3.8, 4) is 11.9 Å². The zero-order valence-corrected chi connectivity index (χ0v) is 21.0. The molecule has 1 fully saturated rings. The number of aromatic nitrogens is 1. The number of benzene rings is 2. The van der Waals surface area contributed by atoms with E-state index in [2.05, 4.69) is 66.2 Å². The second kappa shape index (κ2) is 9.29. The van der Waals surface area contributed by atoms with Crippen molar-refractivity contribution in [1.82, 2.24) is 9.47 Å². The van der Waals surface area contributed by atoms with Gasteiger partial charge in [-0.25, -0.2) is 0 Å². The number of para-hydroxylation sites is 2. The van der Waals surface area contributed by atoms with Crippen molar-refractivity contribution in [3.05, 3.63) is 65.4 Å². The summed E-state index contributed by atoms with van der Waals surface area (Å²) in [5.74, 6) is 0.254. The van der Waals surface area contributed by atoms with Gasteiger partial charge in [0.2, 0.25) is 0 Å². The lowest BCUT2D eigenvalue weighted by Crippen LogP contribution is -2.44. The third kappa shape index (κ3) is 3.69. The van der Waals surface area contributed by atoms with E-state index in [1.54, 1.807) is 0 Å². The monoisotopic (exact) mass is 483 g/mol. The fourth-order valence-electron chi connectivity index (χ4n) is 7.14. The number of carbonyl (C=O) groups excluding carboxylic acids is 1. The average Bonchev–Trinajstić information content (AvgIpc) is 3.14. The molecule has 6 heteroatoms. The fourth-order valence-corrected chi connectivity index (χ4v) is 7.14. The molecule has 3 heterocycles. The SMILES string of the molecule is COC(=O)[C@@H]1[C@H]2C[C@@H]3OCc4ccccc4-n4c3c(c3ccccc34)CCN(C#N)C[C@@H]2CC[C@@H]1C. The predicted molar refractivity (Wildman–Crippen MR) is 137 cm³/mol. The Hall–Kier alpha value is -3.30. The van der Waals surface area contributed by atoms with E-state index >= 15 is 0 Å². The van der Waals surface area contributed by atoms with E-state index in [1.165, 1.54) is 34.8 Å². The Morgan fingerprint density at radius 3 is 2.78 bits per heavy atom. The van der Waals surface area contributed by atoms with Crippen LogP contribution in [-0.4, -0.2) is 35.6 Å². The number of fused-ring (bicyclic) bond motifs is 6. The number of carbonyl (C=O) groups is 1. The second-order valence-corrected chi connectivity index (χ2v) is 10.7. The van der Waals surface area contributed by atoms with Crippen molar-refractivity contribution >= 4 is 16.9 Å². The molecule has 1 aliphatic carbocycles. The summed E-state index contributed by atoms with van der Waals surface area (Å²) in [6, 6.07) is 17.0. The van der Waals surface area contributed by atoms with Gasteiger partial charge in [-0.15, -0.1) is 0 Å². The third-order valence-electron chi connectivity index (χ3n) is 8.86. The molecule has 2 aliphatic heterocycles. The first-order valence-corrected chi connectivity index (χ1v) is 13.1. The van der Waals surface area contributed by atoms with Crippen molar-refractivity contribution in [2.24, 2.45) is 23.7 Å². The first kappa shape index (κ1) is 23.1. The van der Waals surface area contributed by atoms with Crippen LogP contribution in [0, 0.1) is 35.1 Å². The zero-order chi connectivity index (χ0) is 24.8. The van der Waals surface area contributed by atoms with Crippen molar-refractivity contribution in [3.63, 3.8) is 0 Å². The molecule has 3 aliphatic rings. The van der Waals surface area contributed by atoms with Gasteiger partial charge in [0, 0.05) is 24.0 Å². The highest BCUT2D eigenvalue weighted by molar-refractivity contribution is 5.88. The molecule has 1 saturated carbocycles. The molecule has 6 nitrogen and oxygen atoms in total. The topological polar surface area (TPSA) is 67.5 Å². The van der Waals surface area contributed by atoms with Crippen molar-refractivity contribution < 1.29 is 14.3 Å². The molecule has 6 rings (SSSR count). The smallest absolute Gasteiger partial charge is 0.309 e. The molecule has 0 N–H and O–H groups in total. The van der Waals surface area contributed by atoms with Gasteiger partial charge in [-0.3, -0.25) is 4.79 Å². The van der Waals surface area contributed by atoms with Crippen LogP contribution >= 0.6 is 0 Å². The maximum Gasteiger partial charge on any atom is 0.309 e. The van der Waals surface area contributed by atoms with Gasteiger partial charge in [-0.05, 0) is 61.1 Å². The van der Waals surface area contributed by atoms with Crippen LogP contribution in [0.2, 0.25) is 0 Å². The second-order valence-electron chi connectivity index (χ2n) is 10.7. The summed E-state index contributed by atoms with van der Waals surface area (Å²) in [6.07, 6.45) is 5.83. The van der Waals surface area contributed by atoms with Gasteiger partial charge in [-0.2, -0.15) is 5.26 Å². The van der Waals surface area contributed by atoms with Crippen LogP contribution in [0.1, 0.15) is 49.1 Å². The molecule has 3 aromatic rings. The number of hydrogen-bond acceptors (Lipinski definition) is 5. The average molecular weight is 484 g/mol. The first-order chi connectivity index (χ1) is 17.6. The summed E-state index contributed by atoms with van der Waals surface area (Å²) in [4.78, 5) is 15.0. The molecule has 186 valence electrons. The predicted octanol–water partition coefficient (Wildman–Crippen LogP) is 5.38. The standard InChI is InChI=1S/C30H33N3O3/c1-19-11-12-20-16-32(18-31)14-13-23-22-8-4-6-10-26(22)33-25-9-5-3-7-21(25)17-36-27(29(23)33)15-24(20)28(19)30(34)35-2/h3-10,19-20,24,27-28H,11-17H2,1-2H3/t19-,20-,24-,27-,28-/m0/s1. The number of nitrogens with zero attached hydrogens (tertiary/aromatic N) is 3. The maximum atomic E-state index is 13.1. The molecule has 0 radical (unpaired) electrons. The van der Waals surface area contributed by atoms with E-state index in [4.69, 9.17) is 9.47 Å². The van der Waals surface area contributed by atoms with Crippen molar-refractivity contribution in [1.29, 1.82) is 5.26 Å². The molecule has 1 aromatic heterocycles. The Kier molecular flexibility index (Phi) is 5.97. The van der Waals surface area contributed by atoms with Crippen LogP contribution in [0.15, 0.2) is 48.5 Å². The Labute approximate surface area is 212 Å². The lowest BCUT2D eigenvalue weighted by atomic mass is 9.64. The van der Waals surface area contributed by atoms with Gasteiger partial charge in [0.25, 0.3) is 0 Å². The summed E-state index contributed by atoms with van der Waals surface area (Å²) < 4.78 is 14.5. The van der Waals surface area contributed by atoms with E-state index in [0.717, 1.165) is 31.4 Å². The van der Waals surface area contributed by atoms with Crippen LogP contribution in [0.5, 0.6) is 0 Å². The summed E-state index contributed by atoms with van der Waals surface area (Å²) in [5, 5.41) is 11.3. The van der Waals surface area contributed by atoms with Crippen molar-refractivity contribution in [2.45, 2.75) is 45.3 Å². The molecule has 0 amide bonds. The molecular weight excluding hydrogens is 450 g/mol. The van der Waals surface area contributed by atoms with Gasteiger partial charge < -0.3 is 18.9 Å². The van der Waals surface area contributed by atoms with Gasteiger partial charge in [0.05, 0.1) is 42.6 Å². The van der Waals surface area contributed by atoms with Gasteiger partial charge >= 0.3 is 5.97 Å². The molecule has 2 aromatic carbocycles. The first-order valence-electron chi connectivity index (χ1n) is 13.1. The fraction of sp³-hybridized carbons (Fsp3) is 0.467.